The number of halogens is 4. The number of pyridine rings is 1. The lowest BCUT2D eigenvalue weighted by Gasteiger charge is -2.34. The standard InChI is InChI=1S/C22H25ClF2N8S2.C3H7NO.CH3F/c1-31-6-8-32(9-7-31)15-14(25)13(35-30-22(11-24)4-5-22)10-33-16(15)17(23)29-19(33)18(27)34-20(28)21(12-26)2-3-21;1-4(2)3-5;1-2/h10,27-28,30H,2-9,11H2,1H3;3H,1-2H3;1H3. The summed E-state index contributed by atoms with van der Waals surface area (Å²) in [5.74, 6) is -0.284. The molecule has 1 amide bonds. The molecular formula is C26H35ClF3N9OS2. The van der Waals surface area contributed by atoms with E-state index in [9.17, 15) is 18.8 Å². The van der Waals surface area contributed by atoms with Crippen molar-refractivity contribution in [3.8, 4) is 6.07 Å². The van der Waals surface area contributed by atoms with Crippen molar-refractivity contribution in [3.63, 3.8) is 0 Å². The van der Waals surface area contributed by atoms with Crippen LogP contribution in [0.1, 0.15) is 31.5 Å². The van der Waals surface area contributed by atoms with E-state index in [4.69, 9.17) is 22.4 Å². The summed E-state index contributed by atoms with van der Waals surface area (Å²) in [4.78, 5) is 19.6. The van der Waals surface area contributed by atoms with Gasteiger partial charge in [0, 0.05) is 46.5 Å². The number of nitrogens with one attached hydrogen (secondary N) is 3. The summed E-state index contributed by atoms with van der Waals surface area (Å²) < 4.78 is 43.6. The van der Waals surface area contributed by atoms with Crippen LogP contribution in [0.3, 0.4) is 0 Å². The lowest BCUT2D eigenvalue weighted by atomic mass is 10.2. The molecule has 2 aromatic rings. The van der Waals surface area contributed by atoms with E-state index in [1.807, 2.05) is 11.9 Å². The number of thioether (sulfide) groups is 1. The number of amides is 1. The molecule has 42 heavy (non-hydrogen) atoms. The van der Waals surface area contributed by atoms with Gasteiger partial charge in [0.15, 0.2) is 16.8 Å². The Bertz CT molecular complexity index is 1350. The number of likely N-dealkylation sites (N-methyl/N-ethyl adjacent to an activating group) is 1. The molecule has 0 bridgehead atoms. The first-order valence-corrected chi connectivity index (χ1v) is 15.1. The third-order valence-electron chi connectivity index (χ3n) is 7.09. The first-order chi connectivity index (χ1) is 20.0. The van der Waals surface area contributed by atoms with Crippen LogP contribution in [0.15, 0.2) is 11.1 Å². The van der Waals surface area contributed by atoms with Gasteiger partial charge in [0.2, 0.25) is 6.41 Å². The lowest BCUT2D eigenvalue weighted by Crippen LogP contribution is -2.45. The highest BCUT2D eigenvalue weighted by molar-refractivity contribution is 8.26. The highest BCUT2D eigenvalue weighted by atomic mass is 35.5. The molecule has 1 aliphatic heterocycles. The Morgan fingerprint density at radius 2 is 1.83 bits per heavy atom. The SMILES string of the molecule is CF.CN(C)C=O.CN1CCN(c2c(F)c(SNC3(CF)CC3)cn3c(C(=N)SC(=N)C4(C#N)CC4)nc(Cl)c23)CC1. The molecule has 230 valence electrons. The fraction of sp³-hybridized carbons (Fsp3) is 0.577. The van der Waals surface area contributed by atoms with Gasteiger partial charge in [-0.1, -0.05) is 23.4 Å². The van der Waals surface area contributed by atoms with Crippen LogP contribution < -0.4 is 9.62 Å². The van der Waals surface area contributed by atoms with Crippen LogP contribution in [-0.2, 0) is 4.79 Å². The van der Waals surface area contributed by atoms with E-state index in [0.29, 0.717) is 57.2 Å². The van der Waals surface area contributed by atoms with Gasteiger partial charge >= 0.3 is 0 Å². The van der Waals surface area contributed by atoms with Crippen molar-refractivity contribution in [2.75, 3.05) is 66.1 Å². The maximum atomic E-state index is 16.0. The van der Waals surface area contributed by atoms with Gasteiger partial charge in [-0.05, 0) is 44.7 Å². The smallest absolute Gasteiger partial charge is 0.209 e. The van der Waals surface area contributed by atoms with Gasteiger partial charge in [0.05, 0.1) is 28.7 Å². The molecule has 0 radical (unpaired) electrons. The third-order valence-corrected chi connectivity index (χ3v) is 9.37. The number of piperazine rings is 1. The zero-order valence-electron chi connectivity index (χ0n) is 23.9. The van der Waals surface area contributed by atoms with Gasteiger partial charge in [-0.2, -0.15) is 5.26 Å². The topological polar surface area (TPSA) is 128 Å². The predicted molar refractivity (Wildman–Crippen MR) is 163 cm³/mol. The minimum Gasteiger partial charge on any atom is -0.365 e. The van der Waals surface area contributed by atoms with Crippen molar-refractivity contribution in [1.29, 1.82) is 16.1 Å². The van der Waals surface area contributed by atoms with Crippen molar-refractivity contribution in [2.24, 2.45) is 5.41 Å². The minimum atomic E-state index is -0.819. The van der Waals surface area contributed by atoms with Crippen molar-refractivity contribution in [1.82, 2.24) is 23.9 Å². The number of imidazole rings is 1. The summed E-state index contributed by atoms with van der Waals surface area (Å²) in [5.41, 5.74) is -0.774. The molecule has 2 saturated carbocycles. The average Bonchev–Trinajstić information content (AvgIpc) is 3.92. The molecular weight excluding hydrogens is 611 g/mol. The number of carbonyl (C=O) groups is 1. The second-order valence-corrected chi connectivity index (χ2v) is 12.8. The van der Waals surface area contributed by atoms with E-state index < -0.39 is 23.4 Å². The number of hydrogen-bond donors (Lipinski definition) is 3. The van der Waals surface area contributed by atoms with E-state index in [2.05, 4.69) is 20.7 Å². The Hall–Kier alpha value is -2.51. The van der Waals surface area contributed by atoms with Gasteiger partial charge in [0.1, 0.15) is 28.3 Å². The average molecular weight is 646 g/mol. The second kappa shape index (κ2) is 14.3. The van der Waals surface area contributed by atoms with E-state index in [1.54, 1.807) is 18.5 Å². The van der Waals surface area contributed by atoms with E-state index in [0.717, 1.165) is 43.2 Å². The number of anilines is 1. The Morgan fingerprint density at radius 1 is 1.24 bits per heavy atom. The van der Waals surface area contributed by atoms with Gasteiger partial charge < -0.3 is 14.7 Å². The summed E-state index contributed by atoms with van der Waals surface area (Å²) in [7, 11) is 5.89. The van der Waals surface area contributed by atoms with Crippen LogP contribution >= 0.6 is 35.3 Å². The maximum absolute atomic E-state index is 16.0. The zero-order valence-corrected chi connectivity index (χ0v) is 26.3. The van der Waals surface area contributed by atoms with E-state index >= 15 is 4.39 Å². The number of rotatable bonds is 8. The number of nitrogens with zero attached hydrogens (tertiary/aromatic N) is 6. The molecule has 2 aromatic heterocycles. The Balaban J connectivity index is 0.000000627. The van der Waals surface area contributed by atoms with Crippen LogP contribution in [0.5, 0.6) is 0 Å². The van der Waals surface area contributed by atoms with Crippen LogP contribution in [-0.4, -0.2) is 102 Å². The monoisotopic (exact) mass is 645 g/mol. The quantitative estimate of drug-likeness (QED) is 0.164. The predicted octanol–water partition coefficient (Wildman–Crippen LogP) is 4.61. The fourth-order valence-corrected chi connectivity index (χ4v) is 6.10. The zero-order chi connectivity index (χ0) is 31.2. The summed E-state index contributed by atoms with van der Waals surface area (Å²) in [6.07, 6.45) is 4.87. The third kappa shape index (κ3) is 7.52. The second-order valence-electron chi connectivity index (χ2n) is 10.5. The molecule has 1 saturated heterocycles. The van der Waals surface area contributed by atoms with E-state index in [1.165, 1.54) is 11.1 Å². The molecule has 10 nitrogen and oxygen atoms in total. The normalized spacial score (nSPS) is 18.1. The number of hydrogen-bond acceptors (Lipinski definition) is 10. The Labute approximate surface area is 257 Å². The van der Waals surface area contributed by atoms with Crippen molar-refractivity contribution in [3.05, 3.63) is 23.0 Å². The molecule has 3 aliphatic rings. The van der Waals surface area contributed by atoms with E-state index in [-0.39, 0.29) is 26.0 Å². The summed E-state index contributed by atoms with van der Waals surface area (Å²) in [6.45, 7) is 2.17. The van der Waals surface area contributed by atoms with Gasteiger partial charge in [-0.25, -0.2) is 13.8 Å². The molecule has 3 N–H and O–H groups in total. The molecule has 0 spiro atoms. The Morgan fingerprint density at radius 3 is 2.31 bits per heavy atom. The van der Waals surface area contributed by atoms with Crippen LogP contribution in [0.25, 0.3) is 5.52 Å². The summed E-state index contributed by atoms with van der Waals surface area (Å²) >= 11 is 8.44. The maximum Gasteiger partial charge on any atom is 0.209 e. The van der Waals surface area contributed by atoms with Crippen LogP contribution in [0.4, 0.5) is 18.9 Å². The number of alkyl halides is 2. The summed E-state index contributed by atoms with van der Waals surface area (Å²) in [5, 5.41) is 26.5. The van der Waals surface area contributed by atoms with Gasteiger partial charge in [-0.15, -0.1) is 0 Å². The fourth-order valence-electron chi connectivity index (χ4n) is 4.02. The lowest BCUT2D eigenvalue weighted by molar-refractivity contribution is -0.115. The summed E-state index contributed by atoms with van der Waals surface area (Å²) in [6, 6.07) is 2.17. The van der Waals surface area contributed by atoms with Gasteiger partial charge in [0.25, 0.3) is 0 Å². The number of fused-ring (bicyclic) bond motifs is 1. The highest BCUT2D eigenvalue weighted by Crippen LogP contribution is 2.49. The Kier molecular flexibility index (Phi) is 11.6. The molecule has 0 atom stereocenters. The molecule has 5 rings (SSSR count). The van der Waals surface area contributed by atoms with Gasteiger partial charge in [-0.3, -0.25) is 29.1 Å². The number of nitriles is 1. The molecule has 0 aromatic carbocycles. The van der Waals surface area contributed by atoms with Crippen molar-refractivity contribution < 1.29 is 18.0 Å². The van der Waals surface area contributed by atoms with Crippen LogP contribution in [0, 0.1) is 33.4 Å². The van der Waals surface area contributed by atoms with Crippen molar-refractivity contribution >= 4 is 63.0 Å². The molecule has 3 heterocycles. The molecule has 2 aliphatic carbocycles. The minimum absolute atomic E-state index is 0.0410. The number of aromatic nitrogens is 2. The largest absolute Gasteiger partial charge is 0.365 e. The number of carbonyl (C=O) groups excluding carboxylic acids is 1. The highest BCUT2D eigenvalue weighted by Gasteiger charge is 2.48. The first kappa shape index (κ1) is 34.0. The van der Waals surface area contributed by atoms with Crippen molar-refractivity contribution in [2.45, 2.75) is 36.1 Å². The first-order valence-electron chi connectivity index (χ1n) is 13.1. The van der Waals surface area contributed by atoms with Crippen LogP contribution in [0.2, 0.25) is 5.15 Å². The molecule has 3 fully saturated rings. The molecule has 0 unspecified atom stereocenters. The molecule has 16 heteroatoms.